The van der Waals surface area contributed by atoms with Crippen LogP contribution in [0.3, 0.4) is 0 Å². The van der Waals surface area contributed by atoms with Crippen molar-refractivity contribution in [2.24, 2.45) is 5.73 Å². The van der Waals surface area contributed by atoms with E-state index in [4.69, 9.17) is 10.5 Å². The summed E-state index contributed by atoms with van der Waals surface area (Å²) in [5.41, 5.74) is 8.11. The van der Waals surface area contributed by atoms with Crippen LogP contribution in [-0.4, -0.2) is 31.7 Å². The SMILES string of the molecule is CCCOCC(=O)N1CC(N)Cc2ccccc21. The molecule has 0 aromatic heterocycles. The normalized spacial score (nSPS) is 18.6. The maximum absolute atomic E-state index is 12.1. The van der Waals surface area contributed by atoms with E-state index in [1.54, 1.807) is 4.90 Å². The summed E-state index contributed by atoms with van der Waals surface area (Å²) in [6.45, 7) is 3.35. The van der Waals surface area contributed by atoms with Crippen molar-refractivity contribution in [3.63, 3.8) is 0 Å². The number of rotatable bonds is 4. The summed E-state index contributed by atoms with van der Waals surface area (Å²) >= 11 is 0. The zero-order valence-corrected chi connectivity index (χ0v) is 10.8. The van der Waals surface area contributed by atoms with Gasteiger partial charge >= 0.3 is 0 Å². The number of fused-ring (bicyclic) bond motifs is 1. The Kier molecular flexibility index (Phi) is 4.33. The molecule has 0 fully saturated rings. The molecule has 98 valence electrons. The average molecular weight is 248 g/mol. The Balaban J connectivity index is 2.10. The van der Waals surface area contributed by atoms with E-state index in [-0.39, 0.29) is 18.6 Å². The predicted octanol–water partition coefficient (Wildman–Crippen LogP) is 1.33. The Hall–Kier alpha value is -1.39. The molecule has 0 spiro atoms. The highest BCUT2D eigenvalue weighted by Gasteiger charge is 2.26. The molecule has 4 heteroatoms. The fourth-order valence-corrected chi connectivity index (χ4v) is 2.24. The average Bonchev–Trinajstić information content (AvgIpc) is 2.38. The number of nitrogens with two attached hydrogens (primary N) is 1. The minimum atomic E-state index is -0.00829. The molecule has 1 atom stereocenters. The second-order valence-corrected chi connectivity index (χ2v) is 4.65. The lowest BCUT2D eigenvalue weighted by Gasteiger charge is -2.32. The van der Waals surface area contributed by atoms with Crippen LogP contribution in [0.1, 0.15) is 18.9 Å². The summed E-state index contributed by atoms with van der Waals surface area (Å²) in [5.74, 6) is -0.00829. The van der Waals surface area contributed by atoms with Crippen LogP contribution in [0.5, 0.6) is 0 Å². The highest BCUT2D eigenvalue weighted by molar-refractivity contribution is 5.95. The number of hydrogen-bond donors (Lipinski definition) is 1. The van der Waals surface area contributed by atoms with Gasteiger partial charge in [-0.25, -0.2) is 0 Å². The van der Waals surface area contributed by atoms with Gasteiger partial charge in [-0.05, 0) is 24.5 Å². The third kappa shape index (κ3) is 2.89. The molecule has 1 aromatic carbocycles. The molecule has 1 aliphatic heterocycles. The van der Waals surface area contributed by atoms with Crippen LogP contribution >= 0.6 is 0 Å². The summed E-state index contributed by atoms with van der Waals surface area (Å²) in [7, 11) is 0. The molecule has 4 nitrogen and oxygen atoms in total. The van der Waals surface area contributed by atoms with Gasteiger partial charge in [0.05, 0.1) is 0 Å². The fourth-order valence-electron chi connectivity index (χ4n) is 2.24. The van der Waals surface area contributed by atoms with E-state index in [1.807, 2.05) is 31.2 Å². The Labute approximate surface area is 108 Å². The smallest absolute Gasteiger partial charge is 0.253 e. The van der Waals surface area contributed by atoms with Crippen LogP contribution < -0.4 is 10.6 Å². The maximum Gasteiger partial charge on any atom is 0.253 e. The third-order valence-corrected chi connectivity index (χ3v) is 3.06. The minimum Gasteiger partial charge on any atom is -0.372 e. The zero-order valence-electron chi connectivity index (χ0n) is 10.8. The van der Waals surface area contributed by atoms with Crippen molar-refractivity contribution in [1.29, 1.82) is 0 Å². The highest BCUT2D eigenvalue weighted by atomic mass is 16.5. The Morgan fingerprint density at radius 2 is 2.28 bits per heavy atom. The standard InChI is InChI=1S/C14H20N2O2/c1-2-7-18-10-14(17)16-9-12(15)8-11-5-3-4-6-13(11)16/h3-6,12H,2,7-10,15H2,1H3. The molecule has 0 saturated carbocycles. The van der Waals surface area contributed by atoms with Crippen LogP contribution in [0.2, 0.25) is 0 Å². The first-order chi connectivity index (χ1) is 8.72. The van der Waals surface area contributed by atoms with E-state index < -0.39 is 0 Å². The lowest BCUT2D eigenvalue weighted by atomic mass is 9.98. The van der Waals surface area contributed by atoms with Gasteiger partial charge in [-0.3, -0.25) is 4.79 Å². The van der Waals surface area contributed by atoms with E-state index in [0.717, 1.165) is 24.1 Å². The first-order valence-corrected chi connectivity index (χ1v) is 6.44. The number of hydrogen-bond acceptors (Lipinski definition) is 3. The molecule has 1 amide bonds. The molecule has 18 heavy (non-hydrogen) atoms. The molecular formula is C14H20N2O2. The third-order valence-electron chi connectivity index (χ3n) is 3.06. The largest absolute Gasteiger partial charge is 0.372 e. The summed E-state index contributed by atoms with van der Waals surface area (Å²) < 4.78 is 5.32. The first-order valence-electron chi connectivity index (χ1n) is 6.44. The van der Waals surface area contributed by atoms with Gasteiger partial charge in [0.1, 0.15) is 6.61 Å². The summed E-state index contributed by atoms with van der Waals surface area (Å²) in [6, 6.07) is 7.94. The molecule has 0 radical (unpaired) electrons. The molecule has 2 N–H and O–H groups in total. The maximum atomic E-state index is 12.1. The van der Waals surface area contributed by atoms with Crippen molar-refractivity contribution in [2.75, 3.05) is 24.7 Å². The van der Waals surface area contributed by atoms with Crippen LogP contribution in [0.15, 0.2) is 24.3 Å². The van der Waals surface area contributed by atoms with Crippen molar-refractivity contribution in [3.05, 3.63) is 29.8 Å². The minimum absolute atomic E-state index is 0.00829. The fraction of sp³-hybridized carbons (Fsp3) is 0.500. The quantitative estimate of drug-likeness (QED) is 0.818. The van der Waals surface area contributed by atoms with Gasteiger partial charge in [-0.1, -0.05) is 25.1 Å². The van der Waals surface area contributed by atoms with E-state index in [9.17, 15) is 4.79 Å². The number of ether oxygens (including phenoxy) is 1. The van der Waals surface area contributed by atoms with Crippen LogP contribution in [0.4, 0.5) is 5.69 Å². The van der Waals surface area contributed by atoms with Gasteiger partial charge in [-0.15, -0.1) is 0 Å². The predicted molar refractivity (Wildman–Crippen MR) is 71.6 cm³/mol. The Morgan fingerprint density at radius 3 is 3.06 bits per heavy atom. The van der Waals surface area contributed by atoms with E-state index in [0.29, 0.717) is 13.2 Å². The molecule has 1 unspecified atom stereocenters. The number of carbonyl (C=O) groups excluding carboxylic acids is 1. The number of nitrogens with zero attached hydrogens (tertiary/aromatic N) is 1. The summed E-state index contributed by atoms with van der Waals surface area (Å²) in [4.78, 5) is 13.9. The van der Waals surface area contributed by atoms with Crippen molar-refractivity contribution >= 4 is 11.6 Å². The van der Waals surface area contributed by atoms with Gasteiger partial charge in [-0.2, -0.15) is 0 Å². The second-order valence-electron chi connectivity index (χ2n) is 4.65. The number of amides is 1. The summed E-state index contributed by atoms with van der Waals surface area (Å²) in [5, 5.41) is 0. The monoisotopic (exact) mass is 248 g/mol. The lowest BCUT2D eigenvalue weighted by molar-refractivity contribution is -0.123. The van der Waals surface area contributed by atoms with Crippen molar-refractivity contribution in [3.8, 4) is 0 Å². The van der Waals surface area contributed by atoms with Crippen molar-refractivity contribution in [1.82, 2.24) is 0 Å². The number of carbonyl (C=O) groups is 1. The van der Waals surface area contributed by atoms with Gasteiger partial charge in [0.25, 0.3) is 5.91 Å². The summed E-state index contributed by atoms with van der Waals surface area (Å²) in [6.07, 6.45) is 1.75. The van der Waals surface area contributed by atoms with Gasteiger partial charge < -0.3 is 15.4 Å². The van der Waals surface area contributed by atoms with E-state index in [1.165, 1.54) is 0 Å². The highest BCUT2D eigenvalue weighted by Crippen LogP contribution is 2.26. The van der Waals surface area contributed by atoms with Gasteiger partial charge in [0.2, 0.25) is 0 Å². The lowest BCUT2D eigenvalue weighted by Crippen LogP contribution is -2.47. The molecule has 1 aliphatic rings. The molecular weight excluding hydrogens is 228 g/mol. The molecule has 1 heterocycles. The number of para-hydroxylation sites is 1. The van der Waals surface area contributed by atoms with Gasteiger partial charge in [0.15, 0.2) is 0 Å². The Morgan fingerprint density at radius 1 is 1.50 bits per heavy atom. The van der Waals surface area contributed by atoms with Crippen LogP contribution in [-0.2, 0) is 16.0 Å². The topological polar surface area (TPSA) is 55.6 Å². The molecule has 2 rings (SSSR count). The number of anilines is 1. The van der Waals surface area contributed by atoms with E-state index in [2.05, 4.69) is 0 Å². The van der Waals surface area contributed by atoms with Crippen LogP contribution in [0.25, 0.3) is 0 Å². The molecule has 0 aliphatic carbocycles. The second kappa shape index (κ2) is 5.98. The van der Waals surface area contributed by atoms with Crippen LogP contribution in [0, 0.1) is 0 Å². The van der Waals surface area contributed by atoms with Crippen molar-refractivity contribution < 1.29 is 9.53 Å². The number of benzene rings is 1. The van der Waals surface area contributed by atoms with Crippen molar-refractivity contribution in [2.45, 2.75) is 25.8 Å². The first kappa shape index (κ1) is 13.1. The molecule has 0 bridgehead atoms. The molecule has 0 saturated heterocycles. The Bertz CT molecular complexity index is 420. The van der Waals surface area contributed by atoms with Gasteiger partial charge in [0, 0.05) is 24.9 Å². The molecule has 1 aromatic rings. The zero-order chi connectivity index (χ0) is 13.0. The van der Waals surface area contributed by atoms with E-state index >= 15 is 0 Å².